The Balaban J connectivity index is 1.65. The minimum Gasteiger partial charge on any atom is -0.497 e. The van der Waals surface area contributed by atoms with E-state index in [0.29, 0.717) is 12.1 Å². The summed E-state index contributed by atoms with van der Waals surface area (Å²) < 4.78 is 45.5. The van der Waals surface area contributed by atoms with E-state index in [9.17, 15) is 18.0 Å². The van der Waals surface area contributed by atoms with Gasteiger partial charge in [0.2, 0.25) is 5.91 Å². The number of nitrogens with zero attached hydrogens (tertiary/aromatic N) is 1. The summed E-state index contributed by atoms with van der Waals surface area (Å²) in [7, 11) is 1.62. The third kappa shape index (κ3) is 4.64. The van der Waals surface area contributed by atoms with Gasteiger partial charge in [-0.05, 0) is 70.9 Å². The third-order valence-corrected chi connectivity index (χ3v) is 6.82. The van der Waals surface area contributed by atoms with Crippen LogP contribution in [0.5, 0.6) is 5.75 Å². The molecule has 0 bridgehead atoms. The minimum absolute atomic E-state index is 0.131. The molecular formula is C28H21F3N2O2S. The van der Waals surface area contributed by atoms with E-state index < -0.39 is 11.4 Å². The van der Waals surface area contributed by atoms with Gasteiger partial charge in [-0.1, -0.05) is 42.5 Å². The molecule has 0 aliphatic carbocycles. The molecule has 182 valence electrons. The predicted molar refractivity (Wildman–Crippen MR) is 137 cm³/mol. The number of carbonyl (C=O) groups excluding carboxylic acids is 1. The number of amides is 1. The molecule has 0 aliphatic heterocycles. The molecular weight excluding hydrogens is 485 g/mol. The molecule has 1 amide bonds. The molecule has 36 heavy (non-hydrogen) atoms. The molecule has 5 rings (SSSR count). The van der Waals surface area contributed by atoms with Crippen LogP contribution in [0.15, 0.2) is 89.8 Å². The van der Waals surface area contributed by atoms with E-state index in [0.717, 1.165) is 44.2 Å². The minimum atomic E-state index is -4.34. The Hall–Kier alpha value is -3.91. The second-order valence-corrected chi connectivity index (χ2v) is 9.44. The molecule has 0 unspecified atom stereocenters. The Morgan fingerprint density at radius 1 is 0.917 bits per heavy atom. The summed E-state index contributed by atoms with van der Waals surface area (Å²) in [6.45, 7) is 0.408. The quantitative estimate of drug-likeness (QED) is 0.247. The Kier molecular flexibility index (Phi) is 6.14. The fraction of sp³-hybridized carbons (Fsp3) is 0.107. The van der Waals surface area contributed by atoms with Crippen molar-refractivity contribution >= 4 is 39.5 Å². The number of halogens is 3. The van der Waals surface area contributed by atoms with Crippen LogP contribution in [0.1, 0.15) is 15.9 Å². The molecule has 8 heteroatoms. The first-order valence-electron chi connectivity index (χ1n) is 11.1. The van der Waals surface area contributed by atoms with Crippen molar-refractivity contribution in [3.05, 3.63) is 96.1 Å². The molecule has 4 nitrogen and oxygen atoms in total. The van der Waals surface area contributed by atoms with Gasteiger partial charge in [-0.25, -0.2) is 0 Å². The smallest absolute Gasteiger partial charge is 0.446 e. The first-order valence-corrected chi connectivity index (χ1v) is 11.9. The number of fused-ring (bicyclic) bond motifs is 3. The molecule has 0 atom stereocenters. The maximum atomic E-state index is 12.7. The van der Waals surface area contributed by atoms with Gasteiger partial charge in [0.05, 0.1) is 18.1 Å². The van der Waals surface area contributed by atoms with Crippen LogP contribution in [0.2, 0.25) is 0 Å². The van der Waals surface area contributed by atoms with E-state index in [4.69, 9.17) is 10.5 Å². The number of primary amides is 1. The molecule has 0 saturated carbocycles. The maximum Gasteiger partial charge on any atom is 0.446 e. The van der Waals surface area contributed by atoms with Crippen LogP contribution >= 0.6 is 11.8 Å². The van der Waals surface area contributed by atoms with Crippen LogP contribution in [0, 0.1) is 0 Å². The maximum absolute atomic E-state index is 12.7. The van der Waals surface area contributed by atoms with Crippen LogP contribution in [-0.2, 0) is 6.54 Å². The van der Waals surface area contributed by atoms with E-state index in [2.05, 4.69) is 10.6 Å². The summed E-state index contributed by atoms with van der Waals surface area (Å²) in [6.07, 6.45) is 0. The zero-order chi connectivity index (χ0) is 25.4. The van der Waals surface area contributed by atoms with Gasteiger partial charge in [0.25, 0.3) is 0 Å². The second kappa shape index (κ2) is 9.28. The highest BCUT2D eigenvalue weighted by atomic mass is 32.2. The lowest BCUT2D eigenvalue weighted by Gasteiger charge is -2.11. The molecule has 4 aromatic carbocycles. The molecule has 0 radical (unpaired) electrons. The number of benzene rings is 4. The number of rotatable bonds is 6. The zero-order valence-corrected chi connectivity index (χ0v) is 20.0. The SMILES string of the molecule is COc1ccc(-c2ccc3c4c(C(N)=O)cccc4n(Cc4ccc(SC(F)(F)F)cc4)c3c2)cc1. The Labute approximate surface area is 209 Å². The predicted octanol–water partition coefficient (Wildman–Crippen LogP) is 7.23. The molecule has 5 aromatic rings. The lowest BCUT2D eigenvalue weighted by Crippen LogP contribution is -2.11. The topological polar surface area (TPSA) is 57.2 Å². The molecule has 2 N–H and O–H groups in total. The summed E-state index contributed by atoms with van der Waals surface area (Å²) in [6, 6.07) is 25.5. The van der Waals surface area contributed by atoms with E-state index in [1.807, 2.05) is 42.5 Å². The normalized spacial score (nSPS) is 11.8. The molecule has 1 heterocycles. The Morgan fingerprint density at radius 3 is 2.25 bits per heavy atom. The van der Waals surface area contributed by atoms with Crippen LogP contribution in [0.25, 0.3) is 32.9 Å². The fourth-order valence-electron chi connectivity index (χ4n) is 4.46. The highest BCUT2D eigenvalue weighted by Crippen LogP contribution is 2.38. The van der Waals surface area contributed by atoms with Crippen molar-refractivity contribution in [2.24, 2.45) is 5.73 Å². The number of carbonyl (C=O) groups is 1. The summed E-state index contributed by atoms with van der Waals surface area (Å²) >= 11 is -0.137. The van der Waals surface area contributed by atoms with Gasteiger partial charge in [-0.3, -0.25) is 4.79 Å². The number of alkyl halides is 3. The van der Waals surface area contributed by atoms with Crippen LogP contribution in [-0.4, -0.2) is 23.1 Å². The number of aromatic nitrogens is 1. The van der Waals surface area contributed by atoms with Crippen molar-refractivity contribution in [2.75, 3.05) is 7.11 Å². The highest BCUT2D eigenvalue weighted by molar-refractivity contribution is 8.00. The second-order valence-electron chi connectivity index (χ2n) is 8.30. The summed E-state index contributed by atoms with van der Waals surface area (Å²) in [5.41, 5.74) is 6.30. The molecule has 0 aliphatic rings. The van der Waals surface area contributed by atoms with E-state index in [1.165, 1.54) is 12.1 Å². The van der Waals surface area contributed by atoms with Crippen LogP contribution < -0.4 is 10.5 Å². The summed E-state index contributed by atoms with van der Waals surface area (Å²) in [5.74, 6) is 0.236. The zero-order valence-electron chi connectivity index (χ0n) is 19.2. The Morgan fingerprint density at radius 2 is 1.61 bits per heavy atom. The molecule has 0 saturated heterocycles. The van der Waals surface area contributed by atoms with Gasteiger partial charge < -0.3 is 15.0 Å². The van der Waals surface area contributed by atoms with Gasteiger partial charge in [0.15, 0.2) is 0 Å². The van der Waals surface area contributed by atoms with Crippen molar-refractivity contribution < 1.29 is 22.7 Å². The van der Waals surface area contributed by atoms with Crippen molar-refractivity contribution in [2.45, 2.75) is 16.9 Å². The van der Waals surface area contributed by atoms with Gasteiger partial charge in [-0.2, -0.15) is 13.2 Å². The van der Waals surface area contributed by atoms with E-state index in [-0.39, 0.29) is 16.7 Å². The molecule has 0 fully saturated rings. The van der Waals surface area contributed by atoms with Gasteiger partial charge in [0.1, 0.15) is 5.75 Å². The average Bonchev–Trinajstić information content (AvgIpc) is 3.17. The number of thioether (sulfide) groups is 1. The number of hydrogen-bond donors (Lipinski definition) is 1. The summed E-state index contributed by atoms with van der Waals surface area (Å²) in [5, 5.41) is 1.63. The van der Waals surface area contributed by atoms with Gasteiger partial charge in [0, 0.05) is 27.8 Å². The van der Waals surface area contributed by atoms with Gasteiger partial charge in [-0.15, -0.1) is 0 Å². The lowest BCUT2D eigenvalue weighted by molar-refractivity contribution is -0.0328. The molecule has 0 spiro atoms. The van der Waals surface area contributed by atoms with E-state index >= 15 is 0 Å². The standard InChI is InChI=1S/C28H21F3N2O2S/c1-35-20-10-7-18(8-11-20)19-9-14-22-25(15-19)33(24-4-2-3-23(26(22)24)27(32)34)16-17-5-12-21(13-6-17)36-28(29,30)31/h2-15H,16H2,1H3,(H2,32,34). The number of methoxy groups -OCH3 is 1. The van der Waals surface area contributed by atoms with Crippen molar-refractivity contribution in [3.63, 3.8) is 0 Å². The van der Waals surface area contributed by atoms with Crippen LogP contribution in [0.3, 0.4) is 0 Å². The van der Waals surface area contributed by atoms with E-state index in [1.54, 1.807) is 31.4 Å². The van der Waals surface area contributed by atoms with Crippen LogP contribution in [0.4, 0.5) is 13.2 Å². The van der Waals surface area contributed by atoms with Crippen molar-refractivity contribution in [1.29, 1.82) is 0 Å². The number of nitrogens with two attached hydrogens (primary N) is 1. The first kappa shape index (κ1) is 23.8. The molecule has 1 aromatic heterocycles. The lowest BCUT2D eigenvalue weighted by atomic mass is 10.0. The summed E-state index contributed by atoms with van der Waals surface area (Å²) in [4.78, 5) is 12.4. The highest BCUT2D eigenvalue weighted by Gasteiger charge is 2.29. The third-order valence-electron chi connectivity index (χ3n) is 6.08. The number of hydrogen-bond acceptors (Lipinski definition) is 3. The van der Waals surface area contributed by atoms with Gasteiger partial charge >= 0.3 is 5.51 Å². The fourth-order valence-corrected chi connectivity index (χ4v) is 5.00. The number of ether oxygens (including phenoxy) is 1. The monoisotopic (exact) mass is 506 g/mol. The Bertz CT molecular complexity index is 1570. The largest absolute Gasteiger partial charge is 0.497 e. The first-order chi connectivity index (χ1) is 17.2. The van der Waals surface area contributed by atoms with Crippen molar-refractivity contribution in [1.82, 2.24) is 4.57 Å². The average molecular weight is 507 g/mol. The van der Waals surface area contributed by atoms with Crippen molar-refractivity contribution in [3.8, 4) is 16.9 Å².